The van der Waals surface area contributed by atoms with Crippen LogP contribution in [-0.4, -0.2) is 62.7 Å². The molecule has 4 rings (SSSR count). The van der Waals surface area contributed by atoms with Crippen molar-refractivity contribution in [2.24, 2.45) is 0 Å². The molecule has 0 spiro atoms. The average Bonchev–Trinajstić information content (AvgIpc) is 3.37. The molecule has 2 aliphatic rings. The van der Waals surface area contributed by atoms with Gasteiger partial charge in [0.15, 0.2) is 5.78 Å². The minimum Gasteiger partial charge on any atom is -0.468 e. The van der Waals surface area contributed by atoms with E-state index >= 15 is 0 Å². The fourth-order valence-electron chi connectivity index (χ4n) is 4.61. The van der Waals surface area contributed by atoms with Crippen LogP contribution in [0.15, 0.2) is 52.0 Å². The number of carbonyl (C=O) groups is 1. The van der Waals surface area contributed by atoms with Crippen LogP contribution < -0.4 is 5.32 Å². The Morgan fingerprint density at radius 2 is 1.59 bits per heavy atom. The van der Waals surface area contributed by atoms with Crippen LogP contribution in [0.1, 0.15) is 60.7 Å². The van der Waals surface area contributed by atoms with Crippen LogP contribution in [-0.2, 0) is 10.0 Å². The van der Waals surface area contributed by atoms with Gasteiger partial charge in [0.2, 0.25) is 10.0 Å². The molecule has 1 unspecified atom stereocenters. The first kappa shape index (κ1) is 23.2. The van der Waals surface area contributed by atoms with Crippen molar-refractivity contribution < 1.29 is 17.6 Å². The van der Waals surface area contributed by atoms with E-state index in [2.05, 4.69) is 10.2 Å². The number of nitrogens with one attached hydrogen (secondary N) is 1. The average molecular weight is 460 g/mol. The molecule has 8 heteroatoms. The van der Waals surface area contributed by atoms with E-state index in [0.717, 1.165) is 38.1 Å². The Kier molecular flexibility index (Phi) is 7.78. The first-order valence-corrected chi connectivity index (χ1v) is 13.1. The van der Waals surface area contributed by atoms with Crippen LogP contribution in [0.5, 0.6) is 0 Å². The van der Waals surface area contributed by atoms with E-state index < -0.39 is 10.0 Å². The molecule has 7 nitrogen and oxygen atoms in total. The van der Waals surface area contributed by atoms with E-state index in [1.54, 1.807) is 34.8 Å². The van der Waals surface area contributed by atoms with Crippen molar-refractivity contribution in [3.8, 4) is 0 Å². The standard InChI is InChI=1S/C24H33N3O4S/c28-23(19-25-18-22(24-8-7-17-31-24)26-13-3-1-4-14-26)20-9-11-21(12-10-20)32(29,30)27-15-5-2-6-16-27/h7-12,17,22,25H,1-6,13-16,18-19H2. The summed E-state index contributed by atoms with van der Waals surface area (Å²) in [7, 11) is -3.48. The molecule has 1 atom stereocenters. The highest BCUT2D eigenvalue weighted by molar-refractivity contribution is 7.89. The number of Topliss-reactive ketones (excluding diaryl/α,β-unsaturated/α-hetero) is 1. The first-order valence-electron chi connectivity index (χ1n) is 11.7. The maximum absolute atomic E-state index is 12.8. The summed E-state index contributed by atoms with van der Waals surface area (Å²) < 4.78 is 32.8. The number of ketones is 1. The molecule has 1 aromatic carbocycles. The summed E-state index contributed by atoms with van der Waals surface area (Å²) in [5.74, 6) is 0.864. The predicted octanol–water partition coefficient (Wildman–Crippen LogP) is 3.45. The SMILES string of the molecule is O=C(CNCC(c1ccco1)N1CCCCC1)c1ccc(S(=O)(=O)N2CCCCC2)cc1. The highest BCUT2D eigenvalue weighted by Crippen LogP contribution is 2.25. The molecular formula is C24H33N3O4S. The number of carbonyl (C=O) groups excluding carboxylic acids is 1. The van der Waals surface area contributed by atoms with Crippen molar-refractivity contribution in [2.45, 2.75) is 49.5 Å². The first-order chi connectivity index (χ1) is 15.6. The van der Waals surface area contributed by atoms with Crippen LogP contribution in [0.3, 0.4) is 0 Å². The highest BCUT2D eigenvalue weighted by Gasteiger charge is 2.26. The molecule has 3 heterocycles. The zero-order valence-electron chi connectivity index (χ0n) is 18.5. The van der Waals surface area contributed by atoms with E-state index in [1.807, 2.05) is 12.1 Å². The Hall–Kier alpha value is -2.00. The number of sulfonamides is 1. The van der Waals surface area contributed by atoms with Gasteiger partial charge in [-0.3, -0.25) is 9.69 Å². The van der Waals surface area contributed by atoms with Gasteiger partial charge < -0.3 is 9.73 Å². The Morgan fingerprint density at radius 1 is 0.938 bits per heavy atom. The Labute approximate surface area is 190 Å². The maximum atomic E-state index is 12.8. The Morgan fingerprint density at radius 3 is 2.22 bits per heavy atom. The molecular weight excluding hydrogens is 426 g/mol. The second kappa shape index (κ2) is 10.7. The number of rotatable bonds is 9. The van der Waals surface area contributed by atoms with Crippen molar-refractivity contribution in [2.75, 3.05) is 39.3 Å². The minimum atomic E-state index is -3.48. The number of benzene rings is 1. The van der Waals surface area contributed by atoms with Gasteiger partial charge in [0, 0.05) is 25.2 Å². The zero-order chi connectivity index (χ0) is 22.4. The number of nitrogens with zero attached hydrogens (tertiary/aromatic N) is 2. The van der Waals surface area contributed by atoms with E-state index in [1.165, 1.54) is 19.3 Å². The van der Waals surface area contributed by atoms with Crippen molar-refractivity contribution >= 4 is 15.8 Å². The maximum Gasteiger partial charge on any atom is 0.243 e. The highest BCUT2D eigenvalue weighted by atomic mass is 32.2. The molecule has 32 heavy (non-hydrogen) atoms. The lowest BCUT2D eigenvalue weighted by molar-refractivity contribution is 0.0980. The minimum absolute atomic E-state index is 0.0521. The number of piperidine rings is 2. The molecule has 0 saturated carbocycles. The molecule has 0 aliphatic carbocycles. The van der Waals surface area contributed by atoms with Crippen LogP contribution in [0.25, 0.3) is 0 Å². The summed E-state index contributed by atoms with van der Waals surface area (Å²) in [6, 6.07) is 10.3. The van der Waals surface area contributed by atoms with Crippen LogP contribution >= 0.6 is 0 Å². The fourth-order valence-corrected chi connectivity index (χ4v) is 6.13. The number of hydrogen-bond acceptors (Lipinski definition) is 6. The molecule has 0 radical (unpaired) electrons. The molecule has 2 aromatic rings. The second-order valence-electron chi connectivity index (χ2n) is 8.67. The van der Waals surface area contributed by atoms with Crippen LogP contribution in [0.2, 0.25) is 0 Å². The van der Waals surface area contributed by atoms with Gasteiger partial charge in [-0.1, -0.05) is 25.0 Å². The largest absolute Gasteiger partial charge is 0.468 e. The third-order valence-electron chi connectivity index (χ3n) is 6.46. The molecule has 0 bridgehead atoms. The van der Waals surface area contributed by atoms with E-state index in [9.17, 15) is 13.2 Å². The summed E-state index contributed by atoms with van der Waals surface area (Å²) in [5.41, 5.74) is 0.516. The van der Waals surface area contributed by atoms with Gasteiger partial charge in [0.1, 0.15) is 5.76 Å². The molecule has 174 valence electrons. The molecule has 2 fully saturated rings. The van der Waals surface area contributed by atoms with Gasteiger partial charge in [-0.05, 0) is 63.0 Å². The smallest absolute Gasteiger partial charge is 0.243 e. The van der Waals surface area contributed by atoms with Gasteiger partial charge in [-0.2, -0.15) is 4.31 Å². The topological polar surface area (TPSA) is 82.9 Å². The fraction of sp³-hybridized carbons (Fsp3) is 0.542. The lowest BCUT2D eigenvalue weighted by Crippen LogP contribution is -2.40. The van der Waals surface area contributed by atoms with E-state index in [0.29, 0.717) is 25.2 Å². The van der Waals surface area contributed by atoms with Crippen molar-refractivity contribution in [1.82, 2.24) is 14.5 Å². The molecule has 2 saturated heterocycles. The summed E-state index contributed by atoms with van der Waals surface area (Å²) >= 11 is 0. The van der Waals surface area contributed by atoms with Crippen LogP contribution in [0.4, 0.5) is 0 Å². The van der Waals surface area contributed by atoms with Gasteiger partial charge in [0.05, 0.1) is 23.7 Å². The van der Waals surface area contributed by atoms with Crippen LogP contribution in [0, 0.1) is 0 Å². The molecule has 2 aliphatic heterocycles. The van der Waals surface area contributed by atoms with Gasteiger partial charge in [-0.15, -0.1) is 0 Å². The second-order valence-corrected chi connectivity index (χ2v) is 10.6. The zero-order valence-corrected chi connectivity index (χ0v) is 19.4. The van der Waals surface area contributed by atoms with E-state index in [-0.39, 0.29) is 23.3 Å². The van der Waals surface area contributed by atoms with Gasteiger partial charge in [-0.25, -0.2) is 8.42 Å². The third kappa shape index (κ3) is 5.49. The van der Waals surface area contributed by atoms with E-state index in [4.69, 9.17) is 4.42 Å². The lowest BCUT2D eigenvalue weighted by Gasteiger charge is -2.33. The summed E-state index contributed by atoms with van der Waals surface area (Å²) in [6.07, 6.45) is 8.19. The van der Waals surface area contributed by atoms with Gasteiger partial charge in [0.25, 0.3) is 0 Å². The van der Waals surface area contributed by atoms with Gasteiger partial charge >= 0.3 is 0 Å². The summed E-state index contributed by atoms with van der Waals surface area (Å²) in [4.78, 5) is 15.4. The molecule has 1 N–H and O–H groups in total. The molecule has 0 amide bonds. The monoisotopic (exact) mass is 459 g/mol. The lowest BCUT2D eigenvalue weighted by atomic mass is 10.1. The van der Waals surface area contributed by atoms with Crippen molar-refractivity contribution in [3.63, 3.8) is 0 Å². The Bertz CT molecular complexity index is 961. The van der Waals surface area contributed by atoms with Crippen molar-refractivity contribution in [3.05, 3.63) is 54.0 Å². The normalized spacial score (nSPS) is 19.6. The summed E-state index contributed by atoms with van der Waals surface area (Å²) in [6.45, 7) is 4.04. The predicted molar refractivity (Wildman–Crippen MR) is 123 cm³/mol. The van der Waals surface area contributed by atoms with Crippen molar-refractivity contribution in [1.29, 1.82) is 0 Å². The number of likely N-dealkylation sites (tertiary alicyclic amines) is 1. The summed E-state index contributed by atoms with van der Waals surface area (Å²) in [5, 5.41) is 3.29. The Balaban J connectivity index is 1.34. The quantitative estimate of drug-likeness (QED) is 0.579. The number of hydrogen-bond donors (Lipinski definition) is 1. The number of furan rings is 1. The third-order valence-corrected chi connectivity index (χ3v) is 8.37. The molecule has 1 aromatic heterocycles.